The highest BCUT2D eigenvalue weighted by Gasteiger charge is 2.12. The van der Waals surface area contributed by atoms with E-state index < -0.39 is 17.6 Å². The second-order valence-electron chi connectivity index (χ2n) is 5.45. The molecule has 0 spiro atoms. The monoisotopic (exact) mass is 338 g/mol. The number of nitriles is 1. The van der Waals surface area contributed by atoms with Crippen LogP contribution in [0.25, 0.3) is 17.0 Å². The molecule has 0 unspecified atom stereocenters. The number of nitrogens with zero attached hydrogens (tertiary/aromatic N) is 2. The van der Waals surface area contributed by atoms with Crippen LogP contribution in [0.1, 0.15) is 11.1 Å². The highest BCUT2D eigenvalue weighted by molar-refractivity contribution is 6.00. The lowest BCUT2D eigenvalue weighted by Gasteiger charge is -2.06. The van der Waals surface area contributed by atoms with Crippen LogP contribution in [-0.4, -0.2) is 15.6 Å². The first-order chi connectivity index (χ1) is 12.0. The second kappa shape index (κ2) is 6.57. The van der Waals surface area contributed by atoms with E-state index in [0.717, 1.165) is 23.0 Å². The number of carboxylic acid groups (broad SMARTS) is 1. The summed E-state index contributed by atoms with van der Waals surface area (Å²) in [6, 6.07) is 12.6. The predicted molar refractivity (Wildman–Crippen MR) is 88.6 cm³/mol. The number of aliphatic carboxylic acids is 1. The second-order valence-corrected chi connectivity index (χ2v) is 5.45. The molecular weight excluding hydrogens is 326 g/mol. The number of carboxylic acids is 1. The quantitative estimate of drug-likeness (QED) is 0.578. The summed E-state index contributed by atoms with van der Waals surface area (Å²) in [6.45, 7) is 0.278. The summed E-state index contributed by atoms with van der Waals surface area (Å²) in [4.78, 5) is 11.1. The molecule has 124 valence electrons. The van der Waals surface area contributed by atoms with E-state index in [1.165, 1.54) is 12.1 Å². The molecule has 3 aromatic rings. The van der Waals surface area contributed by atoms with E-state index in [9.17, 15) is 13.6 Å². The summed E-state index contributed by atoms with van der Waals surface area (Å²) in [5.41, 5.74) is 1.54. The zero-order chi connectivity index (χ0) is 18.0. The molecule has 1 heterocycles. The molecule has 0 saturated heterocycles. The Kier molecular flexibility index (Phi) is 4.31. The van der Waals surface area contributed by atoms with Crippen molar-refractivity contribution in [2.24, 2.45) is 0 Å². The topological polar surface area (TPSA) is 66.0 Å². The number of benzene rings is 2. The van der Waals surface area contributed by atoms with E-state index in [1.807, 2.05) is 12.1 Å². The Hall–Kier alpha value is -3.46. The number of aromatic nitrogens is 1. The molecule has 2 aromatic carbocycles. The van der Waals surface area contributed by atoms with Gasteiger partial charge in [-0.25, -0.2) is 13.6 Å². The Morgan fingerprint density at radius 1 is 1.20 bits per heavy atom. The van der Waals surface area contributed by atoms with E-state index >= 15 is 0 Å². The van der Waals surface area contributed by atoms with Crippen molar-refractivity contribution >= 4 is 22.9 Å². The Balaban J connectivity index is 2.09. The summed E-state index contributed by atoms with van der Waals surface area (Å²) >= 11 is 0. The van der Waals surface area contributed by atoms with Gasteiger partial charge >= 0.3 is 5.97 Å². The van der Waals surface area contributed by atoms with Gasteiger partial charge in [0.05, 0.1) is 0 Å². The third kappa shape index (κ3) is 3.26. The van der Waals surface area contributed by atoms with Crippen LogP contribution in [0, 0.1) is 23.0 Å². The zero-order valence-corrected chi connectivity index (χ0v) is 12.9. The fourth-order valence-corrected chi connectivity index (χ4v) is 2.65. The molecule has 0 atom stereocenters. The standard InChI is InChI=1S/C19H12F2N2O2/c20-16-6-5-12(7-17(16)21)10-23-11-14(8-13(9-22)19(24)25)15-3-1-2-4-18(15)23/h1-8,11H,10H2,(H,24,25)/b13-8+. The van der Waals surface area contributed by atoms with E-state index in [1.54, 1.807) is 29.0 Å². The SMILES string of the molecule is N#C/C(=C\c1cn(Cc2ccc(F)c(F)c2)c2ccccc12)C(=O)O. The van der Waals surface area contributed by atoms with Gasteiger partial charge in [-0.15, -0.1) is 0 Å². The summed E-state index contributed by atoms with van der Waals surface area (Å²) in [7, 11) is 0. The van der Waals surface area contributed by atoms with Crippen LogP contribution in [0.5, 0.6) is 0 Å². The van der Waals surface area contributed by atoms with Gasteiger partial charge in [-0.1, -0.05) is 24.3 Å². The van der Waals surface area contributed by atoms with Crippen LogP contribution in [-0.2, 0) is 11.3 Å². The molecule has 3 rings (SSSR count). The molecule has 0 amide bonds. The van der Waals surface area contributed by atoms with Crippen molar-refractivity contribution in [3.63, 3.8) is 0 Å². The highest BCUT2D eigenvalue weighted by Crippen LogP contribution is 2.25. The molecule has 0 bridgehead atoms. The molecule has 0 aliphatic heterocycles. The molecule has 6 heteroatoms. The van der Waals surface area contributed by atoms with Crippen LogP contribution in [0.15, 0.2) is 54.2 Å². The summed E-state index contributed by atoms with van der Waals surface area (Å²) < 4.78 is 28.3. The molecule has 25 heavy (non-hydrogen) atoms. The van der Waals surface area contributed by atoms with Crippen molar-refractivity contribution in [2.45, 2.75) is 6.54 Å². The molecule has 0 aliphatic carbocycles. The maximum atomic E-state index is 13.4. The molecule has 0 fully saturated rings. The molecule has 4 nitrogen and oxygen atoms in total. The average Bonchev–Trinajstić information content (AvgIpc) is 2.93. The normalized spacial score (nSPS) is 11.5. The molecule has 1 aromatic heterocycles. The van der Waals surface area contributed by atoms with Crippen LogP contribution >= 0.6 is 0 Å². The van der Waals surface area contributed by atoms with Gasteiger partial charge in [-0.2, -0.15) is 5.26 Å². The maximum absolute atomic E-state index is 13.4. The lowest BCUT2D eigenvalue weighted by atomic mass is 10.1. The molecule has 1 N–H and O–H groups in total. The number of halogens is 2. The molecule has 0 aliphatic rings. The summed E-state index contributed by atoms with van der Waals surface area (Å²) in [5.74, 6) is -3.14. The number of para-hydroxylation sites is 1. The van der Waals surface area contributed by atoms with E-state index in [-0.39, 0.29) is 12.1 Å². The van der Waals surface area contributed by atoms with Gasteiger partial charge in [0, 0.05) is 29.2 Å². The summed E-state index contributed by atoms with van der Waals surface area (Å²) in [5, 5.41) is 18.7. The van der Waals surface area contributed by atoms with Crippen molar-refractivity contribution in [2.75, 3.05) is 0 Å². The lowest BCUT2D eigenvalue weighted by Crippen LogP contribution is -1.99. The van der Waals surface area contributed by atoms with Crippen LogP contribution in [0.4, 0.5) is 8.78 Å². The van der Waals surface area contributed by atoms with Gasteiger partial charge in [0.1, 0.15) is 11.6 Å². The Labute approximate surface area is 141 Å². The van der Waals surface area contributed by atoms with Gasteiger partial charge in [0.2, 0.25) is 0 Å². The van der Waals surface area contributed by atoms with E-state index in [4.69, 9.17) is 10.4 Å². The fraction of sp³-hybridized carbons (Fsp3) is 0.0526. The van der Waals surface area contributed by atoms with Crippen molar-refractivity contribution in [1.29, 1.82) is 5.26 Å². The third-order valence-electron chi connectivity index (χ3n) is 3.81. The van der Waals surface area contributed by atoms with Crippen LogP contribution in [0.2, 0.25) is 0 Å². The Morgan fingerprint density at radius 2 is 1.96 bits per heavy atom. The first-order valence-electron chi connectivity index (χ1n) is 7.36. The van der Waals surface area contributed by atoms with Crippen LogP contribution in [0.3, 0.4) is 0 Å². The largest absolute Gasteiger partial charge is 0.477 e. The first kappa shape index (κ1) is 16.4. The van der Waals surface area contributed by atoms with Gasteiger partial charge in [-0.05, 0) is 29.8 Å². The van der Waals surface area contributed by atoms with Gasteiger partial charge in [0.25, 0.3) is 0 Å². The number of rotatable bonds is 4. The zero-order valence-electron chi connectivity index (χ0n) is 12.9. The van der Waals surface area contributed by atoms with Crippen molar-refractivity contribution in [3.8, 4) is 6.07 Å². The number of hydrogen-bond acceptors (Lipinski definition) is 2. The lowest BCUT2D eigenvalue weighted by molar-refractivity contribution is -0.132. The predicted octanol–water partition coefficient (Wildman–Crippen LogP) is 3.96. The summed E-state index contributed by atoms with van der Waals surface area (Å²) in [6.07, 6.45) is 2.98. The first-order valence-corrected chi connectivity index (χ1v) is 7.36. The molecule has 0 radical (unpaired) electrons. The number of carbonyl (C=O) groups is 1. The van der Waals surface area contributed by atoms with Gasteiger partial charge in [0.15, 0.2) is 11.6 Å². The minimum Gasteiger partial charge on any atom is -0.477 e. The van der Waals surface area contributed by atoms with Crippen molar-refractivity contribution in [3.05, 3.63) is 77.0 Å². The minimum absolute atomic E-state index is 0.278. The smallest absolute Gasteiger partial charge is 0.346 e. The van der Waals surface area contributed by atoms with Gasteiger partial charge in [-0.3, -0.25) is 0 Å². The van der Waals surface area contributed by atoms with E-state index in [0.29, 0.717) is 11.1 Å². The van der Waals surface area contributed by atoms with Crippen molar-refractivity contribution in [1.82, 2.24) is 4.57 Å². The maximum Gasteiger partial charge on any atom is 0.346 e. The van der Waals surface area contributed by atoms with Gasteiger partial charge < -0.3 is 9.67 Å². The highest BCUT2D eigenvalue weighted by atomic mass is 19.2. The minimum atomic E-state index is -1.31. The Morgan fingerprint density at radius 3 is 2.64 bits per heavy atom. The Bertz CT molecular complexity index is 1050. The number of hydrogen-bond donors (Lipinski definition) is 1. The van der Waals surface area contributed by atoms with Crippen molar-refractivity contribution < 1.29 is 18.7 Å². The molecular formula is C19H12F2N2O2. The molecule has 0 saturated carbocycles. The third-order valence-corrected chi connectivity index (χ3v) is 3.81. The van der Waals surface area contributed by atoms with Crippen LogP contribution < -0.4 is 0 Å². The fourth-order valence-electron chi connectivity index (χ4n) is 2.65. The number of fused-ring (bicyclic) bond motifs is 1. The van der Waals surface area contributed by atoms with E-state index in [2.05, 4.69) is 0 Å². The average molecular weight is 338 g/mol.